The van der Waals surface area contributed by atoms with Crippen molar-refractivity contribution >= 4 is 34.1 Å². The van der Waals surface area contributed by atoms with Gasteiger partial charge in [0.1, 0.15) is 13.2 Å². The Morgan fingerprint density at radius 2 is 1.87 bits per heavy atom. The first-order valence-corrected chi connectivity index (χ1v) is 11.3. The summed E-state index contributed by atoms with van der Waals surface area (Å²) >= 11 is 2.54. The van der Waals surface area contributed by atoms with Crippen molar-refractivity contribution in [1.82, 2.24) is 15.2 Å². The van der Waals surface area contributed by atoms with Crippen LogP contribution in [0.3, 0.4) is 0 Å². The lowest BCUT2D eigenvalue weighted by Crippen LogP contribution is -2.15. The fourth-order valence-corrected chi connectivity index (χ4v) is 4.22. The molecule has 10 heteroatoms. The van der Waals surface area contributed by atoms with Crippen molar-refractivity contribution in [2.24, 2.45) is 0 Å². The van der Waals surface area contributed by atoms with Crippen LogP contribution in [0.4, 0.5) is 5.13 Å². The molecule has 31 heavy (non-hydrogen) atoms. The van der Waals surface area contributed by atoms with E-state index in [1.807, 2.05) is 47.8 Å². The van der Waals surface area contributed by atoms with Crippen molar-refractivity contribution in [3.63, 3.8) is 0 Å². The molecule has 1 amide bonds. The first-order chi connectivity index (χ1) is 15.2. The maximum Gasteiger partial charge on any atom is 0.277 e. The third-order valence-electron chi connectivity index (χ3n) is 4.34. The van der Waals surface area contributed by atoms with E-state index in [9.17, 15) is 4.79 Å². The standard InChI is InChI=1S/C21H16N4O4S2/c26-18(23-20-22-15(11-30-20)13-4-2-1-3-5-13)12-31-21-25-24-19(29-21)14-6-7-16-17(10-14)28-9-8-27-16/h1-7,10-11H,8-9,12H2,(H,22,23,26). The molecule has 5 rings (SSSR count). The van der Waals surface area contributed by atoms with Gasteiger partial charge in [0.15, 0.2) is 16.6 Å². The predicted octanol–water partition coefficient (Wildman–Crippen LogP) is 4.36. The molecule has 0 fully saturated rings. The van der Waals surface area contributed by atoms with Crippen LogP contribution in [0.15, 0.2) is 63.6 Å². The van der Waals surface area contributed by atoms with Gasteiger partial charge in [0, 0.05) is 16.5 Å². The average molecular weight is 453 g/mol. The summed E-state index contributed by atoms with van der Waals surface area (Å²) in [5.74, 6) is 1.63. The summed E-state index contributed by atoms with van der Waals surface area (Å²) in [5.41, 5.74) is 2.56. The van der Waals surface area contributed by atoms with E-state index in [-0.39, 0.29) is 11.7 Å². The number of carbonyl (C=O) groups is 1. The zero-order chi connectivity index (χ0) is 21.0. The summed E-state index contributed by atoms with van der Waals surface area (Å²) in [7, 11) is 0. The Balaban J connectivity index is 1.18. The van der Waals surface area contributed by atoms with E-state index in [1.165, 1.54) is 11.3 Å². The van der Waals surface area contributed by atoms with Gasteiger partial charge in [-0.05, 0) is 18.2 Å². The highest BCUT2D eigenvalue weighted by Crippen LogP contribution is 2.34. The normalized spacial score (nSPS) is 12.5. The molecule has 1 aliphatic rings. The van der Waals surface area contributed by atoms with Crippen molar-refractivity contribution in [1.29, 1.82) is 0 Å². The topological polar surface area (TPSA) is 99.4 Å². The van der Waals surface area contributed by atoms with Crippen LogP contribution in [0.1, 0.15) is 0 Å². The minimum Gasteiger partial charge on any atom is -0.486 e. The smallest absolute Gasteiger partial charge is 0.277 e. The van der Waals surface area contributed by atoms with Gasteiger partial charge in [-0.1, -0.05) is 42.1 Å². The van der Waals surface area contributed by atoms with Crippen LogP contribution in [0.5, 0.6) is 11.5 Å². The van der Waals surface area contributed by atoms with Crippen LogP contribution in [0, 0.1) is 0 Å². The van der Waals surface area contributed by atoms with E-state index in [0.29, 0.717) is 41.0 Å². The molecule has 0 unspecified atom stereocenters. The summed E-state index contributed by atoms with van der Waals surface area (Å²) in [6, 6.07) is 15.3. The second-order valence-corrected chi connectivity index (χ2v) is 8.26. The summed E-state index contributed by atoms with van der Waals surface area (Å²) in [6.45, 7) is 1.03. The molecule has 8 nitrogen and oxygen atoms in total. The Kier molecular flexibility index (Phi) is 5.55. The zero-order valence-corrected chi connectivity index (χ0v) is 17.7. The molecule has 0 radical (unpaired) electrons. The number of aromatic nitrogens is 3. The lowest BCUT2D eigenvalue weighted by Gasteiger charge is -2.18. The Labute approximate surface area is 185 Å². The zero-order valence-electron chi connectivity index (χ0n) is 16.1. The number of thiazole rings is 1. The third kappa shape index (κ3) is 4.54. The van der Waals surface area contributed by atoms with Crippen molar-refractivity contribution in [3.8, 4) is 34.2 Å². The second-order valence-electron chi connectivity index (χ2n) is 6.47. The number of hydrogen-bond acceptors (Lipinski definition) is 9. The Morgan fingerprint density at radius 3 is 2.74 bits per heavy atom. The van der Waals surface area contributed by atoms with Crippen LogP contribution in [-0.2, 0) is 4.79 Å². The molecule has 4 aromatic rings. The first kappa shape index (κ1) is 19.6. The molecular formula is C21H16N4O4S2. The maximum atomic E-state index is 12.3. The van der Waals surface area contributed by atoms with E-state index in [1.54, 1.807) is 6.07 Å². The monoisotopic (exact) mass is 452 g/mol. The quantitative estimate of drug-likeness (QED) is 0.431. The van der Waals surface area contributed by atoms with Crippen molar-refractivity contribution in [2.45, 2.75) is 5.22 Å². The van der Waals surface area contributed by atoms with E-state index in [2.05, 4.69) is 20.5 Å². The number of anilines is 1. The van der Waals surface area contributed by atoms with Gasteiger partial charge in [0.25, 0.3) is 5.22 Å². The number of thioether (sulfide) groups is 1. The molecule has 0 saturated heterocycles. The van der Waals surface area contributed by atoms with Gasteiger partial charge < -0.3 is 19.2 Å². The number of nitrogens with one attached hydrogen (secondary N) is 1. The molecule has 1 N–H and O–H groups in total. The van der Waals surface area contributed by atoms with Gasteiger partial charge in [-0.3, -0.25) is 4.79 Å². The number of fused-ring (bicyclic) bond motifs is 1. The summed E-state index contributed by atoms with van der Waals surface area (Å²) in [6.07, 6.45) is 0. The van der Waals surface area contributed by atoms with Crippen molar-refractivity contribution < 1.29 is 18.7 Å². The molecule has 0 aliphatic carbocycles. The van der Waals surface area contributed by atoms with E-state index in [4.69, 9.17) is 13.9 Å². The molecule has 0 bridgehead atoms. The number of ether oxygens (including phenoxy) is 2. The average Bonchev–Trinajstić information content (AvgIpc) is 3.48. The summed E-state index contributed by atoms with van der Waals surface area (Å²) < 4.78 is 16.8. The van der Waals surface area contributed by atoms with Gasteiger partial charge in [0.05, 0.1) is 11.4 Å². The molecule has 0 saturated carbocycles. The van der Waals surface area contributed by atoms with Crippen LogP contribution >= 0.6 is 23.1 Å². The highest BCUT2D eigenvalue weighted by molar-refractivity contribution is 7.99. The molecule has 2 aromatic carbocycles. The van der Waals surface area contributed by atoms with Gasteiger partial charge in [-0.25, -0.2) is 4.98 Å². The predicted molar refractivity (Wildman–Crippen MR) is 118 cm³/mol. The highest BCUT2D eigenvalue weighted by atomic mass is 32.2. The lowest BCUT2D eigenvalue weighted by atomic mass is 10.2. The molecule has 2 aromatic heterocycles. The van der Waals surface area contributed by atoms with Gasteiger partial charge in [0.2, 0.25) is 11.8 Å². The summed E-state index contributed by atoms with van der Waals surface area (Å²) in [5, 5.41) is 13.6. The number of amides is 1. The SMILES string of the molecule is O=C(CSc1nnc(-c2ccc3c(c2)OCCO3)o1)Nc1nc(-c2ccccc2)cs1. The van der Waals surface area contributed by atoms with Crippen LogP contribution in [-0.4, -0.2) is 40.1 Å². The fourth-order valence-electron chi connectivity index (χ4n) is 2.92. The Morgan fingerprint density at radius 1 is 1.03 bits per heavy atom. The summed E-state index contributed by atoms with van der Waals surface area (Å²) in [4.78, 5) is 16.7. The Bertz CT molecular complexity index is 1210. The number of rotatable bonds is 6. The van der Waals surface area contributed by atoms with Crippen molar-refractivity contribution in [3.05, 3.63) is 53.9 Å². The largest absolute Gasteiger partial charge is 0.486 e. The Hall–Kier alpha value is -3.37. The lowest BCUT2D eigenvalue weighted by molar-refractivity contribution is -0.113. The minimum absolute atomic E-state index is 0.128. The van der Waals surface area contributed by atoms with E-state index >= 15 is 0 Å². The molecular weight excluding hydrogens is 436 g/mol. The highest BCUT2D eigenvalue weighted by Gasteiger charge is 2.16. The molecule has 0 atom stereocenters. The fraction of sp³-hybridized carbons (Fsp3) is 0.143. The number of carbonyl (C=O) groups excluding carboxylic acids is 1. The molecule has 156 valence electrons. The van der Waals surface area contributed by atoms with Gasteiger partial charge in [-0.15, -0.1) is 21.5 Å². The number of benzene rings is 2. The van der Waals surface area contributed by atoms with Crippen LogP contribution in [0.25, 0.3) is 22.7 Å². The maximum absolute atomic E-state index is 12.3. The molecule has 1 aliphatic heterocycles. The van der Waals surface area contributed by atoms with Crippen LogP contribution < -0.4 is 14.8 Å². The van der Waals surface area contributed by atoms with E-state index < -0.39 is 0 Å². The van der Waals surface area contributed by atoms with E-state index in [0.717, 1.165) is 28.6 Å². The molecule has 3 heterocycles. The van der Waals surface area contributed by atoms with Gasteiger partial charge in [-0.2, -0.15) is 0 Å². The van der Waals surface area contributed by atoms with Crippen molar-refractivity contribution in [2.75, 3.05) is 24.3 Å². The number of hydrogen-bond donors (Lipinski definition) is 1. The van der Waals surface area contributed by atoms with Crippen LogP contribution in [0.2, 0.25) is 0 Å². The number of nitrogens with zero attached hydrogens (tertiary/aromatic N) is 3. The molecule has 0 spiro atoms. The second kappa shape index (κ2) is 8.78. The first-order valence-electron chi connectivity index (χ1n) is 9.42. The third-order valence-corrected chi connectivity index (χ3v) is 5.92. The van der Waals surface area contributed by atoms with Gasteiger partial charge >= 0.3 is 0 Å². The minimum atomic E-state index is -0.196.